The second-order valence-electron chi connectivity index (χ2n) is 4.38. The maximum Gasteiger partial charge on any atom is 0.306 e. The van der Waals surface area contributed by atoms with E-state index in [1.165, 1.54) is 0 Å². The first-order valence-corrected chi connectivity index (χ1v) is 6.21. The number of carbonyl (C=O) groups is 1. The SMILES string of the molecule is CCOc1ccc(N(C)CCC(C)C(=O)O)cc1. The highest BCUT2D eigenvalue weighted by Gasteiger charge is 2.11. The van der Waals surface area contributed by atoms with Crippen LogP contribution in [0.15, 0.2) is 24.3 Å². The second-order valence-corrected chi connectivity index (χ2v) is 4.38. The molecule has 18 heavy (non-hydrogen) atoms. The van der Waals surface area contributed by atoms with Crippen molar-refractivity contribution in [2.45, 2.75) is 20.3 Å². The van der Waals surface area contributed by atoms with Crippen molar-refractivity contribution in [3.05, 3.63) is 24.3 Å². The molecule has 1 aromatic rings. The van der Waals surface area contributed by atoms with Crippen LogP contribution >= 0.6 is 0 Å². The van der Waals surface area contributed by atoms with Gasteiger partial charge in [0.2, 0.25) is 0 Å². The normalized spacial score (nSPS) is 11.9. The summed E-state index contributed by atoms with van der Waals surface area (Å²) in [6.45, 7) is 5.06. The summed E-state index contributed by atoms with van der Waals surface area (Å²) in [6, 6.07) is 7.82. The fraction of sp³-hybridized carbons (Fsp3) is 0.500. The van der Waals surface area contributed by atoms with Crippen LogP contribution in [0.2, 0.25) is 0 Å². The van der Waals surface area contributed by atoms with E-state index in [0.717, 1.165) is 18.0 Å². The van der Waals surface area contributed by atoms with Crippen molar-refractivity contribution in [1.82, 2.24) is 0 Å². The molecule has 1 aromatic carbocycles. The van der Waals surface area contributed by atoms with Gasteiger partial charge in [-0.05, 0) is 37.6 Å². The minimum atomic E-state index is -0.741. The molecule has 4 nitrogen and oxygen atoms in total. The molecule has 1 unspecified atom stereocenters. The van der Waals surface area contributed by atoms with Crippen molar-refractivity contribution < 1.29 is 14.6 Å². The first kappa shape index (κ1) is 14.4. The number of carboxylic acid groups (broad SMARTS) is 1. The van der Waals surface area contributed by atoms with Gasteiger partial charge in [0.1, 0.15) is 5.75 Å². The average Bonchev–Trinajstić information content (AvgIpc) is 2.36. The van der Waals surface area contributed by atoms with E-state index < -0.39 is 5.97 Å². The lowest BCUT2D eigenvalue weighted by Crippen LogP contribution is -2.22. The van der Waals surface area contributed by atoms with E-state index in [4.69, 9.17) is 9.84 Å². The first-order chi connectivity index (χ1) is 8.54. The fourth-order valence-electron chi connectivity index (χ4n) is 1.60. The van der Waals surface area contributed by atoms with Crippen LogP contribution in [0, 0.1) is 5.92 Å². The number of nitrogens with zero attached hydrogens (tertiary/aromatic N) is 1. The maximum absolute atomic E-state index is 10.7. The summed E-state index contributed by atoms with van der Waals surface area (Å²) in [6.07, 6.45) is 0.638. The topological polar surface area (TPSA) is 49.8 Å². The number of benzene rings is 1. The Bertz CT molecular complexity index is 375. The third-order valence-electron chi connectivity index (χ3n) is 2.91. The van der Waals surface area contributed by atoms with Crippen LogP contribution in [0.5, 0.6) is 5.75 Å². The molecule has 4 heteroatoms. The summed E-state index contributed by atoms with van der Waals surface area (Å²) in [5, 5.41) is 8.83. The predicted octanol–water partition coefficient (Wildman–Crippen LogP) is 2.63. The summed E-state index contributed by atoms with van der Waals surface area (Å²) < 4.78 is 5.37. The van der Waals surface area contributed by atoms with Gasteiger partial charge >= 0.3 is 5.97 Å². The molecule has 0 bridgehead atoms. The van der Waals surface area contributed by atoms with E-state index in [1.807, 2.05) is 38.2 Å². The third kappa shape index (κ3) is 4.28. The van der Waals surface area contributed by atoms with Crippen LogP contribution in [-0.2, 0) is 4.79 Å². The molecule has 0 saturated carbocycles. The molecule has 0 spiro atoms. The molecule has 0 aromatic heterocycles. The summed E-state index contributed by atoms with van der Waals surface area (Å²) >= 11 is 0. The van der Waals surface area contributed by atoms with Crippen LogP contribution in [0.4, 0.5) is 5.69 Å². The number of aliphatic carboxylic acids is 1. The van der Waals surface area contributed by atoms with E-state index >= 15 is 0 Å². The average molecular weight is 251 g/mol. The largest absolute Gasteiger partial charge is 0.494 e. The van der Waals surface area contributed by atoms with Gasteiger partial charge in [0.15, 0.2) is 0 Å². The Morgan fingerprint density at radius 1 is 1.39 bits per heavy atom. The number of rotatable bonds is 7. The van der Waals surface area contributed by atoms with Gasteiger partial charge in [0, 0.05) is 19.3 Å². The lowest BCUT2D eigenvalue weighted by atomic mass is 10.1. The molecule has 0 amide bonds. The monoisotopic (exact) mass is 251 g/mol. The van der Waals surface area contributed by atoms with Gasteiger partial charge in [0.05, 0.1) is 12.5 Å². The Kier molecular flexibility index (Phi) is 5.49. The van der Waals surface area contributed by atoms with E-state index in [0.29, 0.717) is 13.0 Å². The molecule has 0 aliphatic heterocycles. The van der Waals surface area contributed by atoms with Crippen molar-refractivity contribution in [1.29, 1.82) is 0 Å². The van der Waals surface area contributed by atoms with Gasteiger partial charge in [-0.25, -0.2) is 0 Å². The third-order valence-corrected chi connectivity index (χ3v) is 2.91. The minimum absolute atomic E-state index is 0.310. The Labute approximate surface area is 108 Å². The molecule has 0 aliphatic carbocycles. The number of hydrogen-bond acceptors (Lipinski definition) is 3. The molecule has 0 fully saturated rings. The molecular weight excluding hydrogens is 230 g/mol. The van der Waals surface area contributed by atoms with Crippen molar-refractivity contribution in [3.8, 4) is 5.75 Å². The summed E-state index contributed by atoms with van der Waals surface area (Å²) in [4.78, 5) is 12.8. The summed E-state index contributed by atoms with van der Waals surface area (Å²) in [5.74, 6) is -0.196. The van der Waals surface area contributed by atoms with Crippen molar-refractivity contribution in [3.63, 3.8) is 0 Å². The standard InChI is InChI=1S/C14H21NO3/c1-4-18-13-7-5-12(6-8-13)15(3)10-9-11(2)14(16)17/h5-8,11H,4,9-10H2,1-3H3,(H,16,17). The summed E-state index contributed by atoms with van der Waals surface area (Å²) in [5.41, 5.74) is 1.07. The maximum atomic E-state index is 10.7. The zero-order chi connectivity index (χ0) is 13.5. The van der Waals surface area contributed by atoms with E-state index in [1.54, 1.807) is 6.92 Å². The van der Waals surface area contributed by atoms with Crippen LogP contribution in [0.25, 0.3) is 0 Å². The van der Waals surface area contributed by atoms with Gasteiger partial charge in [-0.1, -0.05) is 6.92 Å². The van der Waals surface area contributed by atoms with E-state index in [-0.39, 0.29) is 5.92 Å². The smallest absolute Gasteiger partial charge is 0.306 e. The zero-order valence-electron chi connectivity index (χ0n) is 11.2. The Balaban J connectivity index is 2.50. The molecular formula is C14H21NO3. The molecule has 0 aliphatic rings. The van der Waals surface area contributed by atoms with Crippen molar-refractivity contribution >= 4 is 11.7 Å². The van der Waals surface area contributed by atoms with Gasteiger partial charge < -0.3 is 14.7 Å². The molecule has 100 valence electrons. The van der Waals surface area contributed by atoms with Crippen LogP contribution in [-0.4, -0.2) is 31.3 Å². The Morgan fingerprint density at radius 3 is 2.50 bits per heavy atom. The van der Waals surface area contributed by atoms with Crippen LogP contribution in [0.1, 0.15) is 20.3 Å². The van der Waals surface area contributed by atoms with Gasteiger partial charge in [-0.15, -0.1) is 0 Å². The minimum Gasteiger partial charge on any atom is -0.494 e. The molecule has 1 rings (SSSR count). The van der Waals surface area contributed by atoms with Gasteiger partial charge in [0.25, 0.3) is 0 Å². The highest BCUT2D eigenvalue weighted by molar-refractivity contribution is 5.69. The highest BCUT2D eigenvalue weighted by Crippen LogP contribution is 2.19. The summed E-state index contributed by atoms with van der Waals surface area (Å²) in [7, 11) is 1.96. The molecule has 1 N–H and O–H groups in total. The number of carboxylic acids is 1. The number of ether oxygens (including phenoxy) is 1. The molecule has 0 radical (unpaired) electrons. The quantitative estimate of drug-likeness (QED) is 0.809. The molecule has 1 atom stereocenters. The van der Waals surface area contributed by atoms with Crippen molar-refractivity contribution in [2.24, 2.45) is 5.92 Å². The lowest BCUT2D eigenvalue weighted by Gasteiger charge is -2.20. The zero-order valence-corrected chi connectivity index (χ0v) is 11.2. The molecule has 0 saturated heterocycles. The van der Waals surface area contributed by atoms with Crippen molar-refractivity contribution in [2.75, 3.05) is 25.1 Å². The van der Waals surface area contributed by atoms with E-state index in [9.17, 15) is 4.79 Å². The Hall–Kier alpha value is -1.71. The van der Waals surface area contributed by atoms with Gasteiger partial charge in [-0.3, -0.25) is 4.79 Å². The fourth-order valence-corrected chi connectivity index (χ4v) is 1.60. The second kappa shape index (κ2) is 6.89. The first-order valence-electron chi connectivity index (χ1n) is 6.21. The van der Waals surface area contributed by atoms with Crippen LogP contribution < -0.4 is 9.64 Å². The number of anilines is 1. The lowest BCUT2D eigenvalue weighted by molar-refractivity contribution is -0.141. The number of hydrogen-bond donors (Lipinski definition) is 1. The Morgan fingerprint density at radius 2 is 2.00 bits per heavy atom. The highest BCUT2D eigenvalue weighted by atomic mass is 16.5. The van der Waals surface area contributed by atoms with E-state index in [2.05, 4.69) is 4.90 Å². The van der Waals surface area contributed by atoms with Crippen LogP contribution in [0.3, 0.4) is 0 Å². The van der Waals surface area contributed by atoms with Gasteiger partial charge in [-0.2, -0.15) is 0 Å². The predicted molar refractivity (Wildman–Crippen MR) is 72.3 cm³/mol. The molecule has 0 heterocycles.